The molecule has 2 heterocycles. The molecule has 0 unspecified atom stereocenters. The van der Waals surface area contributed by atoms with E-state index in [1.807, 2.05) is 4.57 Å². The molecule has 0 saturated heterocycles. The van der Waals surface area contributed by atoms with E-state index in [9.17, 15) is 13.2 Å². The first-order valence-corrected chi connectivity index (χ1v) is 9.43. The van der Waals surface area contributed by atoms with Gasteiger partial charge in [-0.2, -0.15) is 13.2 Å². The Balaban J connectivity index is 2.00. The Hall–Kier alpha value is -2.68. The van der Waals surface area contributed by atoms with Gasteiger partial charge in [-0.05, 0) is 36.6 Å². The van der Waals surface area contributed by atoms with Gasteiger partial charge < -0.3 is 11.1 Å². The summed E-state index contributed by atoms with van der Waals surface area (Å²) in [6, 6.07) is 5.02. The number of anilines is 2. The summed E-state index contributed by atoms with van der Waals surface area (Å²) in [6.07, 6.45) is -1.38. The van der Waals surface area contributed by atoms with Gasteiger partial charge in [0.05, 0.1) is 11.8 Å². The fourth-order valence-electron chi connectivity index (χ4n) is 2.97. The van der Waals surface area contributed by atoms with E-state index in [2.05, 4.69) is 41.0 Å². The lowest BCUT2D eigenvalue weighted by Gasteiger charge is -2.16. The van der Waals surface area contributed by atoms with Crippen molar-refractivity contribution in [1.82, 2.24) is 19.5 Å². The summed E-state index contributed by atoms with van der Waals surface area (Å²) in [5.74, 6) is 1.11. The average molecular weight is 406 g/mol. The number of nitrogens with one attached hydrogen (secondary N) is 1. The number of aromatic nitrogens is 4. The van der Waals surface area contributed by atoms with Crippen molar-refractivity contribution in [3.05, 3.63) is 41.9 Å². The molecular weight excluding hydrogens is 381 g/mol. The molecule has 3 rings (SSSR count). The van der Waals surface area contributed by atoms with Gasteiger partial charge in [0.1, 0.15) is 11.3 Å². The van der Waals surface area contributed by atoms with Crippen molar-refractivity contribution in [2.45, 2.75) is 46.3 Å². The SMILES string of the molecule is CC(C)(C)Cc1ncc2nc(Nc3cccc(C(F)(F)F)c3)n(CCCN)c2n1. The van der Waals surface area contributed by atoms with Gasteiger partial charge >= 0.3 is 6.18 Å². The number of alkyl halides is 3. The molecule has 1 aromatic carbocycles. The van der Waals surface area contributed by atoms with Crippen LogP contribution in [0.2, 0.25) is 0 Å². The van der Waals surface area contributed by atoms with Gasteiger partial charge in [-0.15, -0.1) is 0 Å². The summed E-state index contributed by atoms with van der Waals surface area (Å²) in [5, 5.41) is 2.99. The van der Waals surface area contributed by atoms with E-state index in [0.717, 1.165) is 12.1 Å². The van der Waals surface area contributed by atoms with E-state index in [1.54, 1.807) is 12.3 Å². The van der Waals surface area contributed by atoms with Crippen LogP contribution in [-0.2, 0) is 19.1 Å². The van der Waals surface area contributed by atoms with Gasteiger partial charge in [-0.1, -0.05) is 26.8 Å². The zero-order valence-corrected chi connectivity index (χ0v) is 16.7. The Morgan fingerprint density at radius 3 is 2.55 bits per heavy atom. The molecule has 3 aromatic rings. The Morgan fingerprint density at radius 1 is 1.14 bits per heavy atom. The normalized spacial score (nSPS) is 12.5. The maximum absolute atomic E-state index is 13.0. The van der Waals surface area contributed by atoms with Gasteiger partial charge in [0, 0.05) is 18.7 Å². The summed E-state index contributed by atoms with van der Waals surface area (Å²) in [6.45, 7) is 7.33. The van der Waals surface area contributed by atoms with Crippen molar-refractivity contribution < 1.29 is 13.2 Å². The molecule has 0 amide bonds. The van der Waals surface area contributed by atoms with Crippen LogP contribution in [0.3, 0.4) is 0 Å². The standard InChI is InChI=1S/C20H25F3N6/c1-19(2,3)11-16-25-12-15-17(28-16)29(9-5-8-24)18(27-15)26-14-7-4-6-13(10-14)20(21,22)23/h4,6-7,10,12H,5,8-9,11,24H2,1-3H3,(H,26,27). The predicted octanol–water partition coefficient (Wildman–Crippen LogP) is 4.53. The van der Waals surface area contributed by atoms with Crippen LogP contribution < -0.4 is 11.1 Å². The highest BCUT2D eigenvalue weighted by molar-refractivity contribution is 5.75. The second-order valence-electron chi connectivity index (χ2n) is 8.17. The van der Waals surface area contributed by atoms with Crippen LogP contribution in [0.1, 0.15) is 38.6 Å². The summed E-state index contributed by atoms with van der Waals surface area (Å²) in [4.78, 5) is 13.5. The van der Waals surface area contributed by atoms with Crippen LogP contribution >= 0.6 is 0 Å². The third-order valence-electron chi connectivity index (χ3n) is 4.26. The van der Waals surface area contributed by atoms with E-state index in [-0.39, 0.29) is 5.41 Å². The number of nitrogens with zero attached hydrogens (tertiary/aromatic N) is 4. The van der Waals surface area contributed by atoms with Crippen molar-refractivity contribution in [2.24, 2.45) is 11.1 Å². The molecule has 0 bridgehead atoms. The van der Waals surface area contributed by atoms with E-state index in [1.165, 1.54) is 6.07 Å². The molecule has 6 nitrogen and oxygen atoms in total. The van der Waals surface area contributed by atoms with E-state index in [0.29, 0.717) is 54.6 Å². The molecule has 0 saturated carbocycles. The second-order valence-corrected chi connectivity index (χ2v) is 8.17. The fraction of sp³-hybridized carbons (Fsp3) is 0.450. The van der Waals surface area contributed by atoms with Gasteiger partial charge in [-0.3, -0.25) is 4.57 Å². The maximum atomic E-state index is 13.0. The minimum Gasteiger partial charge on any atom is -0.330 e. The van der Waals surface area contributed by atoms with Crippen LogP contribution in [0.5, 0.6) is 0 Å². The Labute approximate surface area is 167 Å². The first-order chi connectivity index (χ1) is 13.6. The maximum Gasteiger partial charge on any atom is 0.416 e. The summed E-state index contributed by atoms with van der Waals surface area (Å²) in [7, 11) is 0. The number of fused-ring (bicyclic) bond motifs is 1. The molecule has 156 valence electrons. The number of hydrogen-bond acceptors (Lipinski definition) is 5. The topological polar surface area (TPSA) is 81.7 Å². The van der Waals surface area contributed by atoms with Crippen LogP contribution in [0.15, 0.2) is 30.5 Å². The zero-order chi connectivity index (χ0) is 21.2. The van der Waals surface area contributed by atoms with Crippen LogP contribution in [0.25, 0.3) is 11.2 Å². The van der Waals surface area contributed by atoms with E-state index in [4.69, 9.17) is 5.73 Å². The lowest BCUT2D eigenvalue weighted by atomic mass is 9.92. The number of nitrogens with two attached hydrogens (primary N) is 1. The zero-order valence-electron chi connectivity index (χ0n) is 16.7. The third kappa shape index (κ3) is 5.23. The fourth-order valence-corrected chi connectivity index (χ4v) is 2.97. The molecule has 3 N–H and O–H groups in total. The van der Waals surface area contributed by atoms with Crippen LogP contribution in [0, 0.1) is 5.41 Å². The molecular formula is C20H25F3N6. The van der Waals surface area contributed by atoms with E-state index < -0.39 is 11.7 Å². The lowest BCUT2D eigenvalue weighted by molar-refractivity contribution is -0.137. The molecule has 0 spiro atoms. The van der Waals surface area contributed by atoms with Crippen LogP contribution in [-0.4, -0.2) is 26.1 Å². The van der Waals surface area contributed by atoms with Crippen molar-refractivity contribution >= 4 is 22.8 Å². The number of aryl methyl sites for hydroxylation is 1. The third-order valence-corrected chi connectivity index (χ3v) is 4.26. The highest BCUT2D eigenvalue weighted by Crippen LogP contribution is 2.32. The molecule has 29 heavy (non-hydrogen) atoms. The summed E-state index contributed by atoms with van der Waals surface area (Å²) < 4.78 is 40.9. The van der Waals surface area contributed by atoms with Gasteiger partial charge in [-0.25, -0.2) is 15.0 Å². The van der Waals surface area contributed by atoms with Gasteiger partial charge in [0.15, 0.2) is 5.65 Å². The molecule has 9 heteroatoms. The lowest BCUT2D eigenvalue weighted by Crippen LogP contribution is -2.13. The first kappa shape index (κ1) is 21.0. The number of hydrogen-bond donors (Lipinski definition) is 2. The largest absolute Gasteiger partial charge is 0.416 e. The molecule has 2 aromatic heterocycles. The number of halogens is 3. The van der Waals surface area contributed by atoms with Crippen LogP contribution in [0.4, 0.5) is 24.8 Å². The monoisotopic (exact) mass is 406 g/mol. The highest BCUT2D eigenvalue weighted by Gasteiger charge is 2.30. The average Bonchev–Trinajstić information content (AvgIpc) is 2.94. The van der Waals surface area contributed by atoms with Crippen molar-refractivity contribution in [2.75, 3.05) is 11.9 Å². The molecule has 0 aliphatic heterocycles. The Kier molecular flexibility index (Phi) is 5.79. The Morgan fingerprint density at radius 2 is 1.90 bits per heavy atom. The molecule has 0 aliphatic carbocycles. The number of imidazole rings is 1. The van der Waals surface area contributed by atoms with E-state index >= 15 is 0 Å². The quantitative estimate of drug-likeness (QED) is 0.629. The highest BCUT2D eigenvalue weighted by atomic mass is 19.4. The first-order valence-electron chi connectivity index (χ1n) is 9.43. The molecule has 0 atom stereocenters. The number of rotatable bonds is 6. The van der Waals surface area contributed by atoms with Crippen molar-refractivity contribution in [3.8, 4) is 0 Å². The minimum absolute atomic E-state index is 0.0227. The Bertz CT molecular complexity index is 988. The predicted molar refractivity (Wildman–Crippen MR) is 107 cm³/mol. The van der Waals surface area contributed by atoms with Crippen molar-refractivity contribution in [3.63, 3.8) is 0 Å². The van der Waals surface area contributed by atoms with Crippen molar-refractivity contribution in [1.29, 1.82) is 0 Å². The summed E-state index contributed by atoms with van der Waals surface area (Å²) in [5.41, 5.74) is 6.48. The molecule has 0 radical (unpaired) electrons. The molecule has 0 aliphatic rings. The van der Waals surface area contributed by atoms with Gasteiger partial charge in [0.25, 0.3) is 0 Å². The number of benzene rings is 1. The molecule has 0 fully saturated rings. The summed E-state index contributed by atoms with van der Waals surface area (Å²) >= 11 is 0. The smallest absolute Gasteiger partial charge is 0.330 e. The minimum atomic E-state index is -4.41. The van der Waals surface area contributed by atoms with Gasteiger partial charge in [0.2, 0.25) is 5.95 Å². The second kappa shape index (κ2) is 7.98.